The summed E-state index contributed by atoms with van der Waals surface area (Å²) in [5.74, 6) is -1.41. The molecule has 31 heavy (non-hydrogen) atoms. The lowest BCUT2D eigenvalue weighted by Gasteiger charge is -2.34. The molecule has 0 aliphatic rings. The highest BCUT2D eigenvalue weighted by Gasteiger charge is 2.36. The maximum atomic E-state index is 14.1. The summed E-state index contributed by atoms with van der Waals surface area (Å²) >= 11 is 1.03. The third kappa shape index (κ3) is 5.32. The van der Waals surface area contributed by atoms with Gasteiger partial charge in [0, 0.05) is 16.6 Å². The Hall–Kier alpha value is -3.13. The van der Waals surface area contributed by atoms with E-state index in [9.17, 15) is 14.0 Å². The first kappa shape index (κ1) is 22.6. The molecule has 1 heterocycles. The Labute approximate surface area is 185 Å². The zero-order valence-electron chi connectivity index (χ0n) is 17.9. The minimum atomic E-state index is -1.03. The lowest BCUT2D eigenvalue weighted by Crippen LogP contribution is -2.50. The second-order valence-corrected chi connectivity index (χ2v) is 8.59. The molecule has 3 rings (SSSR count). The number of hydrogen-bond acceptors (Lipinski definition) is 5. The molecule has 0 aliphatic heterocycles. The van der Waals surface area contributed by atoms with Crippen LogP contribution in [0.5, 0.6) is 0 Å². The van der Waals surface area contributed by atoms with Gasteiger partial charge in [0.15, 0.2) is 5.69 Å². The van der Waals surface area contributed by atoms with Gasteiger partial charge in [-0.05, 0) is 62.5 Å². The van der Waals surface area contributed by atoms with Crippen LogP contribution in [0.15, 0.2) is 53.9 Å². The average molecular weight is 441 g/mol. The van der Waals surface area contributed by atoms with E-state index in [0.717, 1.165) is 17.1 Å². The number of rotatable bonds is 7. The Morgan fingerprint density at radius 2 is 1.90 bits per heavy atom. The predicted molar refractivity (Wildman–Crippen MR) is 120 cm³/mol. The fourth-order valence-corrected chi connectivity index (χ4v) is 3.48. The van der Waals surface area contributed by atoms with E-state index in [-0.39, 0.29) is 17.3 Å². The van der Waals surface area contributed by atoms with Crippen molar-refractivity contribution in [2.24, 2.45) is 0 Å². The number of anilines is 1. The van der Waals surface area contributed by atoms with Crippen LogP contribution >= 0.6 is 11.5 Å². The summed E-state index contributed by atoms with van der Waals surface area (Å²) in [5.41, 5.74) is 1.49. The van der Waals surface area contributed by atoms with Gasteiger partial charge in [-0.2, -0.15) is 0 Å². The van der Waals surface area contributed by atoms with Crippen molar-refractivity contribution in [3.63, 3.8) is 0 Å². The molecule has 1 N–H and O–H groups in total. The first-order valence-electron chi connectivity index (χ1n) is 9.96. The third-order valence-electron chi connectivity index (χ3n) is 5.13. The Morgan fingerprint density at radius 3 is 2.48 bits per heavy atom. The van der Waals surface area contributed by atoms with Gasteiger partial charge in [0.1, 0.15) is 11.9 Å². The zero-order valence-corrected chi connectivity index (χ0v) is 18.7. The molecule has 0 bridgehead atoms. The number of carbonyl (C=O) groups is 2. The SMILES string of the molecule is CCC(C)(C)NC(=O)[C@@H](c1ccc(C)cc1)N(C(=O)c1csnn1)c1cccc(F)c1. The Morgan fingerprint density at radius 1 is 1.19 bits per heavy atom. The van der Waals surface area contributed by atoms with Crippen molar-refractivity contribution in [1.29, 1.82) is 0 Å². The van der Waals surface area contributed by atoms with Crippen LogP contribution in [-0.2, 0) is 4.79 Å². The fraction of sp³-hybridized carbons (Fsp3) is 0.304. The van der Waals surface area contributed by atoms with Crippen LogP contribution < -0.4 is 10.2 Å². The average Bonchev–Trinajstić information content (AvgIpc) is 3.27. The van der Waals surface area contributed by atoms with Gasteiger partial charge in [0.05, 0.1) is 0 Å². The molecule has 0 aliphatic carbocycles. The largest absolute Gasteiger partial charge is 0.349 e. The summed E-state index contributed by atoms with van der Waals surface area (Å²) < 4.78 is 17.9. The first-order valence-corrected chi connectivity index (χ1v) is 10.8. The molecule has 0 saturated carbocycles. The second kappa shape index (κ2) is 9.34. The number of aromatic nitrogens is 2. The highest BCUT2D eigenvalue weighted by Crippen LogP contribution is 2.31. The molecule has 162 valence electrons. The highest BCUT2D eigenvalue weighted by molar-refractivity contribution is 7.03. The molecule has 2 amide bonds. The Kier molecular flexibility index (Phi) is 6.80. The molecule has 3 aromatic rings. The number of amides is 2. The molecular formula is C23H25FN4O2S. The minimum absolute atomic E-state index is 0.0916. The van der Waals surface area contributed by atoms with Crippen LogP contribution in [0.1, 0.15) is 54.8 Å². The van der Waals surface area contributed by atoms with E-state index < -0.39 is 23.3 Å². The molecule has 0 unspecified atom stereocenters. The van der Waals surface area contributed by atoms with Crippen LogP contribution in [0.3, 0.4) is 0 Å². The Bertz CT molecular complexity index is 1050. The summed E-state index contributed by atoms with van der Waals surface area (Å²) in [5, 5.41) is 8.41. The lowest BCUT2D eigenvalue weighted by molar-refractivity contribution is -0.124. The van der Waals surface area contributed by atoms with E-state index in [1.807, 2.05) is 39.8 Å². The maximum absolute atomic E-state index is 14.1. The van der Waals surface area contributed by atoms with Crippen LogP contribution in [0.2, 0.25) is 0 Å². The zero-order chi connectivity index (χ0) is 22.6. The molecule has 0 saturated heterocycles. The van der Waals surface area contributed by atoms with Gasteiger partial charge in [0.2, 0.25) is 5.91 Å². The van der Waals surface area contributed by atoms with Crippen LogP contribution in [0.25, 0.3) is 0 Å². The molecule has 1 atom stereocenters. The first-order chi connectivity index (χ1) is 14.7. The smallest absolute Gasteiger partial charge is 0.280 e. The number of aryl methyl sites for hydroxylation is 1. The summed E-state index contributed by atoms with van der Waals surface area (Å²) in [6.07, 6.45) is 0.698. The maximum Gasteiger partial charge on any atom is 0.280 e. The van der Waals surface area contributed by atoms with Crippen molar-refractivity contribution in [3.8, 4) is 0 Å². The lowest BCUT2D eigenvalue weighted by atomic mass is 9.97. The van der Waals surface area contributed by atoms with Crippen LogP contribution in [-0.4, -0.2) is 26.9 Å². The monoisotopic (exact) mass is 440 g/mol. The molecule has 2 aromatic carbocycles. The number of benzene rings is 2. The van der Waals surface area contributed by atoms with Crippen molar-refractivity contribution in [1.82, 2.24) is 14.9 Å². The van der Waals surface area contributed by atoms with Crippen molar-refractivity contribution in [2.75, 3.05) is 4.90 Å². The van der Waals surface area contributed by atoms with Crippen molar-refractivity contribution in [3.05, 3.63) is 76.5 Å². The van der Waals surface area contributed by atoms with Crippen LogP contribution in [0, 0.1) is 12.7 Å². The number of carbonyl (C=O) groups excluding carboxylic acids is 2. The number of nitrogens with one attached hydrogen (secondary N) is 1. The molecule has 0 radical (unpaired) electrons. The van der Waals surface area contributed by atoms with E-state index in [1.54, 1.807) is 18.2 Å². The summed E-state index contributed by atoms with van der Waals surface area (Å²) in [6, 6.07) is 12.0. The molecule has 6 nitrogen and oxygen atoms in total. The van der Waals surface area contributed by atoms with Gasteiger partial charge in [-0.15, -0.1) is 5.10 Å². The van der Waals surface area contributed by atoms with Gasteiger partial charge < -0.3 is 5.32 Å². The standard InChI is InChI=1S/C23H25FN4O2S/c1-5-23(3,4)25-21(29)20(16-11-9-15(2)10-12-16)28(18-8-6-7-17(24)13-18)22(30)19-14-31-27-26-19/h6-14,20H,5H2,1-4H3,(H,25,29)/t20-/m1/s1. The summed E-state index contributed by atoms with van der Waals surface area (Å²) in [7, 11) is 0. The van der Waals surface area contributed by atoms with Gasteiger partial charge in [-0.3, -0.25) is 14.5 Å². The Balaban J connectivity index is 2.17. The fourth-order valence-electron chi connectivity index (χ4n) is 3.05. The van der Waals surface area contributed by atoms with E-state index >= 15 is 0 Å². The van der Waals surface area contributed by atoms with Crippen molar-refractivity contribution in [2.45, 2.75) is 45.7 Å². The highest BCUT2D eigenvalue weighted by atomic mass is 32.1. The van der Waals surface area contributed by atoms with Gasteiger partial charge in [0.25, 0.3) is 5.91 Å². The number of halogens is 1. The van der Waals surface area contributed by atoms with Gasteiger partial charge in [-0.1, -0.05) is 47.3 Å². The molecule has 1 aromatic heterocycles. The van der Waals surface area contributed by atoms with E-state index in [1.165, 1.54) is 28.5 Å². The molecule has 0 spiro atoms. The van der Waals surface area contributed by atoms with Gasteiger partial charge >= 0.3 is 0 Å². The second-order valence-electron chi connectivity index (χ2n) is 7.99. The number of nitrogens with zero attached hydrogens (tertiary/aromatic N) is 3. The molecule has 8 heteroatoms. The topological polar surface area (TPSA) is 75.2 Å². The van der Waals surface area contributed by atoms with Crippen molar-refractivity contribution >= 4 is 29.0 Å². The quantitative estimate of drug-likeness (QED) is 0.579. The minimum Gasteiger partial charge on any atom is -0.349 e. The normalized spacial score (nSPS) is 12.3. The summed E-state index contributed by atoms with van der Waals surface area (Å²) in [6.45, 7) is 7.73. The van der Waals surface area contributed by atoms with E-state index in [2.05, 4.69) is 14.9 Å². The number of hydrogen-bond donors (Lipinski definition) is 1. The van der Waals surface area contributed by atoms with Gasteiger partial charge in [-0.25, -0.2) is 4.39 Å². The van der Waals surface area contributed by atoms with Crippen LogP contribution in [0.4, 0.5) is 10.1 Å². The third-order valence-corrected chi connectivity index (χ3v) is 5.63. The predicted octanol–water partition coefficient (Wildman–Crippen LogP) is 4.68. The van der Waals surface area contributed by atoms with Crippen molar-refractivity contribution < 1.29 is 14.0 Å². The molecule has 0 fully saturated rings. The summed E-state index contributed by atoms with van der Waals surface area (Å²) in [4.78, 5) is 28.3. The molecular weight excluding hydrogens is 415 g/mol. The van der Waals surface area contributed by atoms with E-state index in [4.69, 9.17) is 0 Å². The van der Waals surface area contributed by atoms with E-state index in [0.29, 0.717) is 12.0 Å².